The normalized spacial score (nSPS) is 14.8. The molecule has 0 saturated carbocycles. The van der Waals surface area contributed by atoms with Gasteiger partial charge in [0.05, 0.1) is 5.56 Å². The van der Waals surface area contributed by atoms with Crippen LogP contribution >= 0.6 is 23.4 Å². The van der Waals surface area contributed by atoms with Gasteiger partial charge >= 0.3 is 5.63 Å². The van der Waals surface area contributed by atoms with E-state index in [0.717, 1.165) is 27.4 Å². The van der Waals surface area contributed by atoms with E-state index in [4.69, 9.17) is 16.0 Å². The molecule has 1 aromatic rings. The molecule has 0 bridgehead atoms. The maximum Gasteiger partial charge on any atom is 0.340 e. The lowest BCUT2D eigenvalue weighted by Crippen LogP contribution is -2.08. The van der Waals surface area contributed by atoms with E-state index in [1.807, 2.05) is 12.1 Å². The fourth-order valence-electron chi connectivity index (χ4n) is 1.69. The molecule has 1 aliphatic heterocycles. The monoisotopic (exact) mass is 268 g/mol. The summed E-state index contributed by atoms with van der Waals surface area (Å²) >= 11 is 7.42. The molecule has 4 heteroatoms. The summed E-state index contributed by atoms with van der Waals surface area (Å²) in [5.74, 6) is 1.89. The Bertz CT molecular complexity index is 543. The van der Waals surface area contributed by atoms with E-state index < -0.39 is 0 Å². The Hall–Kier alpha value is -0.930. The van der Waals surface area contributed by atoms with Crippen LogP contribution in [-0.2, 0) is 6.42 Å². The molecule has 0 saturated heterocycles. The number of hydrogen-bond acceptors (Lipinski definition) is 3. The minimum atomic E-state index is -0.235. The van der Waals surface area contributed by atoms with Crippen LogP contribution in [-0.4, -0.2) is 11.6 Å². The lowest BCUT2D eigenvalue weighted by Gasteiger charge is -2.05. The summed E-state index contributed by atoms with van der Waals surface area (Å²) < 4.78 is 5.11. The second kappa shape index (κ2) is 5.15. The van der Waals surface area contributed by atoms with E-state index in [-0.39, 0.29) is 5.63 Å². The standard InChI is InChI=1S/C13H13ClO2S/c1-8(6-14)10-3-4-11-12(17-7-10)5-9(2)16-13(11)15/h3,5H,1,4,6-7H2,2H3. The molecule has 0 unspecified atom stereocenters. The number of thioether (sulfide) groups is 1. The molecule has 2 rings (SSSR count). The fraction of sp³-hybridized carbons (Fsp3) is 0.308. The predicted molar refractivity (Wildman–Crippen MR) is 72.1 cm³/mol. The number of alkyl halides is 1. The molecule has 0 aliphatic carbocycles. The summed E-state index contributed by atoms with van der Waals surface area (Å²) in [5.41, 5.74) is 2.55. The van der Waals surface area contributed by atoms with Crippen LogP contribution in [0.1, 0.15) is 11.3 Å². The minimum absolute atomic E-state index is 0.235. The Morgan fingerprint density at radius 2 is 2.41 bits per heavy atom. The van der Waals surface area contributed by atoms with Crippen LogP contribution in [0.25, 0.3) is 0 Å². The minimum Gasteiger partial charge on any atom is -0.428 e. The summed E-state index contributed by atoms with van der Waals surface area (Å²) in [7, 11) is 0. The van der Waals surface area contributed by atoms with Crippen LogP contribution in [0.5, 0.6) is 0 Å². The second-order valence-corrected chi connectivity index (χ2v) is 5.23. The van der Waals surface area contributed by atoms with Crippen molar-refractivity contribution in [3.05, 3.63) is 51.6 Å². The van der Waals surface area contributed by atoms with E-state index in [9.17, 15) is 4.79 Å². The molecular weight excluding hydrogens is 256 g/mol. The number of fused-ring (bicyclic) bond motifs is 1. The van der Waals surface area contributed by atoms with E-state index >= 15 is 0 Å². The molecule has 1 aliphatic rings. The van der Waals surface area contributed by atoms with Gasteiger partial charge in [-0.3, -0.25) is 0 Å². The fourth-order valence-corrected chi connectivity index (χ4v) is 3.09. The smallest absolute Gasteiger partial charge is 0.340 e. The third kappa shape index (κ3) is 2.67. The Kier molecular flexibility index (Phi) is 3.79. The van der Waals surface area contributed by atoms with Crippen molar-refractivity contribution < 1.29 is 4.42 Å². The van der Waals surface area contributed by atoms with Gasteiger partial charge in [0, 0.05) is 16.5 Å². The van der Waals surface area contributed by atoms with Crippen molar-refractivity contribution in [2.24, 2.45) is 0 Å². The van der Waals surface area contributed by atoms with E-state index in [1.54, 1.807) is 18.7 Å². The first-order valence-electron chi connectivity index (χ1n) is 5.31. The maximum atomic E-state index is 11.7. The average molecular weight is 269 g/mol. The molecule has 0 atom stereocenters. The third-order valence-electron chi connectivity index (χ3n) is 2.68. The molecule has 0 radical (unpaired) electrons. The molecule has 0 fully saturated rings. The zero-order chi connectivity index (χ0) is 12.4. The van der Waals surface area contributed by atoms with Gasteiger partial charge < -0.3 is 4.42 Å². The van der Waals surface area contributed by atoms with Crippen molar-refractivity contribution >= 4 is 23.4 Å². The summed E-state index contributed by atoms with van der Waals surface area (Å²) in [4.78, 5) is 12.7. The van der Waals surface area contributed by atoms with Gasteiger partial charge in [-0.2, -0.15) is 0 Å². The molecule has 0 N–H and O–H groups in total. The van der Waals surface area contributed by atoms with E-state index in [1.165, 1.54) is 0 Å². The van der Waals surface area contributed by atoms with Gasteiger partial charge in [0.2, 0.25) is 0 Å². The van der Waals surface area contributed by atoms with Crippen molar-refractivity contribution in [3.8, 4) is 0 Å². The first kappa shape index (κ1) is 12.5. The van der Waals surface area contributed by atoms with Crippen molar-refractivity contribution in [1.29, 1.82) is 0 Å². The zero-order valence-corrected chi connectivity index (χ0v) is 11.2. The molecule has 0 spiro atoms. The highest BCUT2D eigenvalue weighted by molar-refractivity contribution is 7.99. The molecule has 2 nitrogen and oxygen atoms in total. The quantitative estimate of drug-likeness (QED) is 0.771. The molecule has 0 amide bonds. The van der Waals surface area contributed by atoms with Gasteiger partial charge in [-0.1, -0.05) is 12.7 Å². The zero-order valence-electron chi connectivity index (χ0n) is 9.59. The lowest BCUT2D eigenvalue weighted by molar-refractivity contribution is 0.468. The maximum absolute atomic E-state index is 11.7. The Morgan fingerprint density at radius 1 is 1.65 bits per heavy atom. The summed E-state index contributed by atoms with van der Waals surface area (Å²) in [6.45, 7) is 5.72. The van der Waals surface area contributed by atoms with Gasteiger partial charge in [-0.15, -0.1) is 23.4 Å². The van der Waals surface area contributed by atoms with Gasteiger partial charge in [0.15, 0.2) is 0 Å². The van der Waals surface area contributed by atoms with Crippen LogP contribution in [0.3, 0.4) is 0 Å². The number of allylic oxidation sites excluding steroid dienone is 2. The van der Waals surface area contributed by atoms with Crippen LogP contribution in [0, 0.1) is 6.92 Å². The molecule has 0 aromatic carbocycles. The van der Waals surface area contributed by atoms with Crippen LogP contribution < -0.4 is 5.63 Å². The lowest BCUT2D eigenvalue weighted by atomic mass is 10.1. The topological polar surface area (TPSA) is 30.2 Å². The molecule has 2 heterocycles. The Balaban J connectivity index is 2.37. The number of rotatable bonds is 2. The molecule has 17 heavy (non-hydrogen) atoms. The first-order chi connectivity index (χ1) is 8.11. The number of aryl methyl sites for hydroxylation is 1. The van der Waals surface area contributed by atoms with Gasteiger partial charge in [0.25, 0.3) is 0 Å². The second-order valence-electron chi connectivity index (χ2n) is 3.95. The van der Waals surface area contributed by atoms with Crippen molar-refractivity contribution in [2.45, 2.75) is 18.2 Å². The SMILES string of the molecule is C=C(CCl)C1=CCc2c(cc(C)oc2=O)SC1. The van der Waals surface area contributed by atoms with Crippen molar-refractivity contribution in [3.63, 3.8) is 0 Å². The highest BCUT2D eigenvalue weighted by Crippen LogP contribution is 2.30. The average Bonchev–Trinajstić information content (AvgIpc) is 2.50. The summed E-state index contributed by atoms with van der Waals surface area (Å²) in [5, 5.41) is 0. The largest absolute Gasteiger partial charge is 0.428 e. The van der Waals surface area contributed by atoms with Gasteiger partial charge in [0.1, 0.15) is 5.76 Å². The van der Waals surface area contributed by atoms with Crippen LogP contribution in [0.15, 0.2) is 44.0 Å². The van der Waals surface area contributed by atoms with Crippen LogP contribution in [0.4, 0.5) is 0 Å². The molecule has 1 aromatic heterocycles. The van der Waals surface area contributed by atoms with Gasteiger partial charge in [-0.05, 0) is 30.6 Å². The summed E-state index contributed by atoms with van der Waals surface area (Å²) in [6.07, 6.45) is 2.62. The molecule has 90 valence electrons. The van der Waals surface area contributed by atoms with Gasteiger partial charge in [-0.25, -0.2) is 4.79 Å². The highest BCUT2D eigenvalue weighted by atomic mass is 35.5. The third-order valence-corrected chi connectivity index (χ3v) is 4.14. The Morgan fingerprint density at radius 3 is 3.12 bits per heavy atom. The van der Waals surface area contributed by atoms with Crippen molar-refractivity contribution in [1.82, 2.24) is 0 Å². The highest BCUT2D eigenvalue weighted by Gasteiger charge is 2.15. The van der Waals surface area contributed by atoms with Crippen molar-refractivity contribution in [2.75, 3.05) is 11.6 Å². The van der Waals surface area contributed by atoms with Crippen LogP contribution in [0.2, 0.25) is 0 Å². The summed E-state index contributed by atoms with van der Waals surface area (Å²) in [6, 6.07) is 1.92. The Labute approximate surface area is 109 Å². The predicted octanol–water partition coefficient (Wildman–Crippen LogP) is 3.32. The number of hydrogen-bond donors (Lipinski definition) is 0. The van der Waals surface area contributed by atoms with E-state index in [2.05, 4.69) is 6.58 Å². The number of halogens is 1. The first-order valence-corrected chi connectivity index (χ1v) is 6.83. The van der Waals surface area contributed by atoms with E-state index in [0.29, 0.717) is 18.1 Å². The molecular formula is C13H13ClO2S.